The molecule has 0 aliphatic carbocycles. The molecule has 1 fully saturated rings. The summed E-state index contributed by atoms with van der Waals surface area (Å²) in [5, 5.41) is 3.85. The van der Waals surface area contributed by atoms with Crippen LogP contribution in [0.3, 0.4) is 0 Å². The highest BCUT2D eigenvalue weighted by Gasteiger charge is 2.23. The summed E-state index contributed by atoms with van der Waals surface area (Å²) in [6.45, 7) is 2.81. The Hall–Kier alpha value is -2.04. The predicted molar refractivity (Wildman–Crippen MR) is 117 cm³/mol. The molecule has 0 bridgehead atoms. The summed E-state index contributed by atoms with van der Waals surface area (Å²) in [6, 6.07) is 16.4. The van der Waals surface area contributed by atoms with Crippen LogP contribution in [0.4, 0.5) is 5.69 Å². The average Bonchev–Trinajstić information content (AvgIpc) is 2.71. The van der Waals surface area contributed by atoms with Gasteiger partial charge in [-0.25, -0.2) is 0 Å². The van der Waals surface area contributed by atoms with Gasteiger partial charge in [-0.15, -0.1) is 0 Å². The summed E-state index contributed by atoms with van der Waals surface area (Å²) in [7, 11) is 4.10. The highest BCUT2D eigenvalue weighted by molar-refractivity contribution is 6.30. The van der Waals surface area contributed by atoms with Gasteiger partial charge in [0.1, 0.15) is 0 Å². The molecule has 0 radical (unpaired) electrons. The number of benzene rings is 2. The zero-order valence-electron chi connectivity index (χ0n) is 16.8. The fraction of sp³-hybridized carbons (Fsp3) is 0.435. The van der Waals surface area contributed by atoms with Crippen LogP contribution in [0, 0.1) is 0 Å². The van der Waals surface area contributed by atoms with Crippen molar-refractivity contribution >= 4 is 23.2 Å². The van der Waals surface area contributed by atoms with Gasteiger partial charge in [-0.3, -0.25) is 9.69 Å². The molecule has 28 heavy (non-hydrogen) atoms. The Bertz CT molecular complexity index is 752. The monoisotopic (exact) mass is 399 g/mol. The fourth-order valence-corrected chi connectivity index (χ4v) is 3.87. The molecule has 3 rings (SSSR count). The average molecular weight is 400 g/mol. The lowest BCUT2D eigenvalue weighted by molar-refractivity contribution is -0.120. The first kappa shape index (κ1) is 20.7. The van der Waals surface area contributed by atoms with E-state index in [1.165, 1.54) is 30.5 Å². The molecule has 1 heterocycles. The van der Waals surface area contributed by atoms with E-state index in [0.717, 1.165) is 18.7 Å². The normalized spacial score (nSPS) is 15.8. The van der Waals surface area contributed by atoms with Crippen molar-refractivity contribution in [3.8, 4) is 0 Å². The van der Waals surface area contributed by atoms with Crippen LogP contribution in [0.5, 0.6) is 0 Å². The third kappa shape index (κ3) is 5.73. The molecule has 2 aromatic rings. The van der Waals surface area contributed by atoms with Crippen LogP contribution >= 0.6 is 11.6 Å². The number of nitrogens with one attached hydrogen (secondary N) is 1. The smallest absolute Gasteiger partial charge is 0.224 e. The number of likely N-dealkylation sites (tertiary alicyclic amines) is 1. The molecule has 0 spiro atoms. The Kier molecular flexibility index (Phi) is 7.35. The number of hydrogen-bond donors (Lipinski definition) is 1. The lowest BCUT2D eigenvalue weighted by Crippen LogP contribution is -2.41. The molecule has 0 saturated carbocycles. The lowest BCUT2D eigenvalue weighted by atomic mass is 10.0. The van der Waals surface area contributed by atoms with E-state index >= 15 is 0 Å². The first-order valence-electron chi connectivity index (χ1n) is 10.1. The third-order valence-electron chi connectivity index (χ3n) is 5.40. The van der Waals surface area contributed by atoms with Gasteiger partial charge in [0.15, 0.2) is 0 Å². The summed E-state index contributed by atoms with van der Waals surface area (Å²) < 4.78 is 0. The van der Waals surface area contributed by atoms with Crippen molar-refractivity contribution in [1.29, 1.82) is 0 Å². The van der Waals surface area contributed by atoms with Gasteiger partial charge in [-0.2, -0.15) is 0 Å². The van der Waals surface area contributed by atoms with Crippen LogP contribution in [-0.4, -0.2) is 44.5 Å². The SMILES string of the molecule is CN(C)c1ccc(C(CNC(=O)Cc2ccc(Cl)cc2)N2CCCCC2)cc1. The van der Waals surface area contributed by atoms with E-state index in [1.54, 1.807) is 0 Å². The van der Waals surface area contributed by atoms with E-state index in [-0.39, 0.29) is 11.9 Å². The maximum Gasteiger partial charge on any atom is 0.224 e. The number of halogens is 1. The number of carbonyl (C=O) groups excluding carboxylic acids is 1. The van der Waals surface area contributed by atoms with Gasteiger partial charge in [0.25, 0.3) is 0 Å². The van der Waals surface area contributed by atoms with Gasteiger partial charge in [-0.05, 0) is 61.3 Å². The maximum atomic E-state index is 12.5. The zero-order valence-corrected chi connectivity index (χ0v) is 17.6. The second-order valence-electron chi connectivity index (χ2n) is 7.71. The number of hydrogen-bond acceptors (Lipinski definition) is 3. The molecule has 1 saturated heterocycles. The first-order valence-corrected chi connectivity index (χ1v) is 10.4. The van der Waals surface area contributed by atoms with Crippen molar-refractivity contribution < 1.29 is 4.79 Å². The van der Waals surface area contributed by atoms with Crippen molar-refractivity contribution in [1.82, 2.24) is 10.2 Å². The molecular weight excluding hydrogens is 370 g/mol. The number of nitrogens with zero attached hydrogens (tertiary/aromatic N) is 2. The molecule has 5 heteroatoms. The van der Waals surface area contributed by atoms with Gasteiger partial charge in [0, 0.05) is 31.4 Å². The van der Waals surface area contributed by atoms with Crippen molar-refractivity contribution in [3.05, 3.63) is 64.7 Å². The summed E-state index contributed by atoms with van der Waals surface area (Å²) >= 11 is 5.93. The van der Waals surface area contributed by atoms with Crippen molar-refractivity contribution in [2.45, 2.75) is 31.7 Å². The van der Waals surface area contributed by atoms with Crippen molar-refractivity contribution in [2.24, 2.45) is 0 Å². The number of piperidine rings is 1. The Morgan fingerprint density at radius 3 is 2.29 bits per heavy atom. The van der Waals surface area contributed by atoms with Crippen LogP contribution in [0.25, 0.3) is 0 Å². The summed E-state index contributed by atoms with van der Waals surface area (Å²) in [6.07, 6.45) is 4.13. The van der Waals surface area contributed by atoms with Gasteiger partial charge in [-0.1, -0.05) is 42.3 Å². The zero-order chi connectivity index (χ0) is 19.9. The molecule has 1 amide bonds. The molecule has 0 aromatic heterocycles. The molecule has 1 aliphatic heterocycles. The minimum absolute atomic E-state index is 0.0502. The number of amides is 1. The number of carbonyl (C=O) groups is 1. The van der Waals surface area contributed by atoms with Crippen LogP contribution in [-0.2, 0) is 11.2 Å². The van der Waals surface area contributed by atoms with Gasteiger partial charge >= 0.3 is 0 Å². The molecule has 1 N–H and O–H groups in total. The molecule has 1 unspecified atom stereocenters. The van der Waals surface area contributed by atoms with Crippen molar-refractivity contribution in [3.63, 3.8) is 0 Å². The standard InChI is InChI=1S/C23H30ClN3O/c1-26(2)21-12-8-19(9-13-21)22(27-14-4-3-5-15-27)17-25-23(28)16-18-6-10-20(24)11-7-18/h6-13,22H,3-5,14-17H2,1-2H3,(H,25,28). The highest BCUT2D eigenvalue weighted by atomic mass is 35.5. The second-order valence-corrected chi connectivity index (χ2v) is 8.14. The van der Waals surface area contributed by atoms with E-state index in [4.69, 9.17) is 11.6 Å². The van der Waals surface area contributed by atoms with E-state index in [9.17, 15) is 4.79 Å². The third-order valence-corrected chi connectivity index (χ3v) is 5.65. The topological polar surface area (TPSA) is 35.6 Å². The Balaban J connectivity index is 1.66. The van der Waals surface area contributed by atoms with E-state index in [0.29, 0.717) is 18.0 Å². The minimum Gasteiger partial charge on any atom is -0.378 e. The Morgan fingerprint density at radius 1 is 1.04 bits per heavy atom. The van der Waals surface area contributed by atoms with Gasteiger partial charge in [0.2, 0.25) is 5.91 Å². The maximum absolute atomic E-state index is 12.5. The molecule has 150 valence electrons. The van der Waals surface area contributed by atoms with Crippen LogP contribution < -0.4 is 10.2 Å². The Labute approximate surface area is 173 Å². The van der Waals surface area contributed by atoms with Gasteiger partial charge in [0.05, 0.1) is 12.5 Å². The van der Waals surface area contributed by atoms with E-state index in [2.05, 4.69) is 39.4 Å². The second kappa shape index (κ2) is 9.94. The lowest BCUT2D eigenvalue weighted by Gasteiger charge is -2.35. The minimum atomic E-state index is 0.0502. The van der Waals surface area contributed by atoms with E-state index in [1.807, 2.05) is 38.4 Å². The summed E-state index contributed by atoms with van der Waals surface area (Å²) in [4.78, 5) is 17.1. The summed E-state index contributed by atoms with van der Waals surface area (Å²) in [5.41, 5.74) is 3.43. The molecule has 1 aliphatic rings. The van der Waals surface area contributed by atoms with Crippen LogP contribution in [0.15, 0.2) is 48.5 Å². The molecule has 4 nitrogen and oxygen atoms in total. The predicted octanol–water partition coefficient (Wildman–Crippen LogP) is 4.29. The largest absolute Gasteiger partial charge is 0.378 e. The molecule has 2 aromatic carbocycles. The molecule has 1 atom stereocenters. The van der Waals surface area contributed by atoms with Gasteiger partial charge < -0.3 is 10.2 Å². The van der Waals surface area contributed by atoms with Crippen LogP contribution in [0.1, 0.15) is 36.4 Å². The quantitative estimate of drug-likeness (QED) is 0.754. The van der Waals surface area contributed by atoms with Crippen LogP contribution in [0.2, 0.25) is 5.02 Å². The van der Waals surface area contributed by atoms with Crippen molar-refractivity contribution in [2.75, 3.05) is 38.6 Å². The Morgan fingerprint density at radius 2 is 1.68 bits per heavy atom. The number of rotatable bonds is 7. The number of anilines is 1. The molecular formula is C23H30ClN3O. The highest BCUT2D eigenvalue weighted by Crippen LogP contribution is 2.26. The summed E-state index contributed by atoms with van der Waals surface area (Å²) in [5.74, 6) is 0.0502. The fourth-order valence-electron chi connectivity index (χ4n) is 3.74. The van der Waals surface area contributed by atoms with E-state index < -0.39 is 0 Å². The first-order chi connectivity index (χ1) is 13.5.